The highest BCUT2D eigenvalue weighted by atomic mass is 16.5. The molecule has 5 rings (SSSR count). The van der Waals surface area contributed by atoms with Gasteiger partial charge in [-0.3, -0.25) is 9.48 Å². The van der Waals surface area contributed by atoms with Gasteiger partial charge >= 0.3 is 0 Å². The summed E-state index contributed by atoms with van der Waals surface area (Å²) in [6.45, 7) is 1.22. The molecule has 0 unspecified atom stereocenters. The Labute approximate surface area is 161 Å². The topological polar surface area (TPSA) is 77.0 Å². The van der Waals surface area contributed by atoms with Crippen molar-refractivity contribution in [2.75, 3.05) is 13.1 Å². The van der Waals surface area contributed by atoms with Crippen LogP contribution < -0.4 is 0 Å². The number of hydrogen-bond donors (Lipinski definition) is 0. The fourth-order valence-electron chi connectivity index (χ4n) is 3.89. The SMILES string of the molecule is Cn1nc(-c2ccccc2)c2c1CCN(C(=O)c1onc3ncccc13)CC2. The first-order valence-corrected chi connectivity index (χ1v) is 9.32. The molecule has 4 heterocycles. The van der Waals surface area contributed by atoms with Crippen molar-refractivity contribution in [2.24, 2.45) is 7.05 Å². The molecule has 0 fully saturated rings. The quantitative estimate of drug-likeness (QED) is 0.540. The van der Waals surface area contributed by atoms with Crippen LogP contribution in [0.15, 0.2) is 53.2 Å². The summed E-state index contributed by atoms with van der Waals surface area (Å²) in [5, 5.41) is 9.30. The van der Waals surface area contributed by atoms with Gasteiger partial charge in [0.25, 0.3) is 5.91 Å². The number of aryl methyl sites for hydroxylation is 1. The monoisotopic (exact) mass is 373 g/mol. The van der Waals surface area contributed by atoms with Crippen molar-refractivity contribution in [1.82, 2.24) is 24.8 Å². The maximum atomic E-state index is 13.1. The molecule has 1 aromatic carbocycles. The maximum absolute atomic E-state index is 13.1. The lowest BCUT2D eigenvalue weighted by Crippen LogP contribution is -2.33. The van der Waals surface area contributed by atoms with Crippen LogP contribution in [0.2, 0.25) is 0 Å². The molecule has 7 nitrogen and oxygen atoms in total. The van der Waals surface area contributed by atoms with Crippen LogP contribution >= 0.6 is 0 Å². The zero-order chi connectivity index (χ0) is 19.1. The summed E-state index contributed by atoms with van der Waals surface area (Å²) in [7, 11) is 1.97. The number of pyridine rings is 1. The van der Waals surface area contributed by atoms with E-state index in [1.165, 1.54) is 11.3 Å². The second kappa shape index (κ2) is 6.60. The lowest BCUT2D eigenvalue weighted by atomic mass is 10.0. The number of benzene rings is 1. The zero-order valence-electron chi connectivity index (χ0n) is 15.5. The van der Waals surface area contributed by atoms with E-state index in [9.17, 15) is 4.79 Å². The molecule has 7 heteroatoms. The van der Waals surface area contributed by atoms with Gasteiger partial charge in [-0.1, -0.05) is 35.5 Å². The molecule has 0 saturated carbocycles. The fourth-order valence-corrected chi connectivity index (χ4v) is 3.89. The molecule has 0 bridgehead atoms. The maximum Gasteiger partial charge on any atom is 0.293 e. The van der Waals surface area contributed by atoms with Crippen LogP contribution in [0.5, 0.6) is 0 Å². The predicted molar refractivity (Wildman–Crippen MR) is 104 cm³/mol. The Hall–Kier alpha value is -3.48. The van der Waals surface area contributed by atoms with E-state index < -0.39 is 0 Å². The molecule has 28 heavy (non-hydrogen) atoms. The van der Waals surface area contributed by atoms with Crippen molar-refractivity contribution < 1.29 is 9.32 Å². The van der Waals surface area contributed by atoms with E-state index in [0.29, 0.717) is 24.1 Å². The summed E-state index contributed by atoms with van der Waals surface area (Å²) < 4.78 is 7.27. The van der Waals surface area contributed by atoms with E-state index in [2.05, 4.69) is 22.3 Å². The number of amides is 1. The van der Waals surface area contributed by atoms with Crippen LogP contribution in [0.3, 0.4) is 0 Å². The third-order valence-corrected chi connectivity index (χ3v) is 5.31. The number of carbonyl (C=O) groups excluding carboxylic acids is 1. The van der Waals surface area contributed by atoms with Gasteiger partial charge in [0, 0.05) is 49.6 Å². The lowest BCUT2D eigenvalue weighted by molar-refractivity contribution is 0.0723. The Kier molecular flexibility index (Phi) is 3.93. The average molecular weight is 373 g/mol. The number of rotatable bonds is 2. The molecular weight excluding hydrogens is 354 g/mol. The number of aromatic nitrogens is 4. The standard InChI is InChI=1S/C21H19N5O2/c1-25-17-10-13-26(21(27)19-16-8-5-11-22-20(16)24-28-19)12-9-15(17)18(23-25)14-6-3-2-4-7-14/h2-8,11H,9-10,12-13H2,1H3. The summed E-state index contributed by atoms with van der Waals surface area (Å²) in [6, 6.07) is 13.8. The Morgan fingerprint density at radius 2 is 1.89 bits per heavy atom. The molecule has 0 atom stereocenters. The number of fused-ring (bicyclic) bond motifs is 2. The summed E-state index contributed by atoms with van der Waals surface area (Å²) in [5.41, 5.74) is 4.96. The second-order valence-electron chi connectivity index (χ2n) is 6.94. The van der Waals surface area contributed by atoms with E-state index >= 15 is 0 Å². The normalized spacial score (nSPS) is 14.1. The van der Waals surface area contributed by atoms with Gasteiger partial charge in [-0.2, -0.15) is 5.10 Å². The van der Waals surface area contributed by atoms with Crippen molar-refractivity contribution in [3.8, 4) is 11.3 Å². The van der Waals surface area contributed by atoms with Crippen molar-refractivity contribution in [3.05, 3.63) is 65.7 Å². The van der Waals surface area contributed by atoms with Crippen molar-refractivity contribution in [2.45, 2.75) is 12.8 Å². The van der Waals surface area contributed by atoms with Crippen LogP contribution in [0.4, 0.5) is 0 Å². The third-order valence-electron chi connectivity index (χ3n) is 5.31. The highest BCUT2D eigenvalue weighted by molar-refractivity contribution is 6.02. The molecule has 0 radical (unpaired) electrons. The summed E-state index contributed by atoms with van der Waals surface area (Å²) >= 11 is 0. The molecule has 0 aliphatic carbocycles. The zero-order valence-corrected chi connectivity index (χ0v) is 15.5. The summed E-state index contributed by atoms with van der Waals surface area (Å²) in [5.74, 6) is 0.119. The Balaban J connectivity index is 1.45. The first-order valence-electron chi connectivity index (χ1n) is 9.32. The highest BCUT2D eigenvalue weighted by Crippen LogP contribution is 2.28. The molecular formula is C21H19N5O2. The van der Waals surface area contributed by atoms with Crippen LogP contribution in [0.25, 0.3) is 22.3 Å². The first-order chi connectivity index (χ1) is 13.7. The van der Waals surface area contributed by atoms with Crippen LogP contribution in [-0.4, -0.2) is 43.8 Å². The molecule has 1 aliphatic heterocycles. The van der Waals surface area contributed by atoms with Gasteiger partial charge in [0.05, 0.1) is 11.1 Å². The molecule has 3 aromatic heterocycles. The van der Waals surface area contributed by atoms with E-state index in [1.807, 2.05) is 40.9 Å². The summed E-state index contributed by atoms with van der Waals surface area (Å²) in [6.07, 6.45) is 3.14. The smallest absolute Gasteiger partial charge is 0.293 e. The minimum absolute atomic E-state index is 0.141. The third kappa shape index (κ3) is 2.67. The molecule has 0 spiro atoms. The number of nitrogens with zero attached hydrogens (tertiary/aromatic N) is 5. The predicted octanol–water partition coefficient (Wildman–Crippen LogP) is 2.86. The van der Waals surface area contributed by atoms with E-state index in [4.69, 9.17) is 9.62 Å². The summed E-state index contributed by atoms with van der Waals surface area (Å²) in [4.78, 5) is 19.1. The van der Waals surface area contributed by atoms with E-state index in [-0.39, 0.29) is 11.7 Å². The minimum Gasteiger partial charge on any atom is -0.348 e. The Bertz CT molecular complexity index is 1160. The molecule has 0 saturated heterocycles. The minimum atomic E-state index is -0.141. The van der Waals surface area contributed by atoms with Gasteiger partial charge in [-0.25, -0.2) is 4.98 Å². The van der Waals surface area contributed by atoms with Gasteiger partial charge in [0.15, 0.2) is 0 Å². The number of carbonyl (C=O) groups is 1. The van der Waals surface area contributed by atoms with Crippen LogP contribution in [0, 0.1) is 0 Å². The molecule has 4 aromatic rings. The van der Waals surface area contributed by atoms with Gasteiger partial charge in [0.1, 0.15) is 0 Å². The van der Waals surface area contributed by atoms with Crippen molar-refractivity contribution in [3.63, 3.8) is 0 Å². The lowest BCUT2D eigenvalue weighted by Gasteiger charge is -2.18. The van der Waals surface area contributed by atoms with E-state index in [1.54, 1.807) is 12.3 Å². The van der Waals surface area contributed by atoms with Crippen molar-refractivity contribution in [1.29, 1.82) is 0 Å². The van der Waals surface area contributed by atoms with Crippen LogP contribution in [0.1, 0.15) is 21.8 Å². The van der Waals surface area contributed by atoms with Crippen molar-refractivity contribution >= 4 is 16.9 Å². The molecule has 1 amide bonds. The Morgan fingerprint density at radius 1 is 1.07 bits per heavy atom. The second-order valence-corrected chi connectivity index (χ2v) is 6.94. The largest absolute Gasteiger partial charge is 0.348 e. The molecule has 140 valence electrons. The van der Waals surface area contributed by atoms with E-state index in [0.717, 1.165) is 24.1 Å². The molecule has 0 N–H and O–H groups in total. The first kappa shape index (κ1) is 16.7. The number of hydrogen-bond acceptors (Lipinski definition) is 5. The van der Waals surface area contributed by atoms with Gasteiger partial charge in [0.2, 0.25) is 11.4 Å². The van der Waals surface area contributed by atoms with Gasteiger partial charge < -0.3 is 9.42 Å². The average Bonchev–Trinajstić information content (AvgIpc) is 3.21. The van der Waals surface area contributed by atoms with Gasteiger partial charge in [-0.05, 0) is 18.6 Å². The van der Waals surface area contributed by atoms with Crippen LogP contribution in [-0.2, 0) is 19.9 Å². The molecule has 1 aliphatic rings. The fraction of sp³-hybridized carbons (Fsp3) is 0.238. The van der Waals surface area contributed by atoms with Gasteiger partial charge in [-0.15, -0.1) is 0 Å². The highest BCUT2D eigenvalue weighted by Gasteiger charge is 2.28. The Morgan fingerprint density at radius 3 is 2.75 bits per heavy atom.